The summed E-state index contributed by atoms with van der Waals surface area (Å²) in [5.74, 6) is -0.620. The van der Waals surface area contributed by atoms with Gasteiger partial charge in [-0.05, 0) is 36.6 Å². The van der Waals surface area contributed by atoms with E-state index < -0.39 is 11.5 Å². The van der Waals surface area contributed by atoms with Crippen LogP contribution in [0.2, 0.25) is 0 Å². The summed E-state index contributed by atoms with van der Waals surface area (Å²) in [6.07, 6.45) is 0. The fourth-order valence-corrected chi connectivity index (χ4v) is 4.00. The van der Waals surface area contributed by atoms with Gasteiger partial charge in [0, 0.05) is 15.6 Å². The van der Waals surface area contributed by atoms with E-state index in [2.05, 4.69) is 5.32 Å². The average Bonchev–Trinajstić information content (AvgIpc) is 3.11. The fraction of sp³-hybridized carbons (Fsp3) is 0.143. The predicted molar refractivity (Wildman–Crippen MR) is 106 cm³/mol. The summed E-state index contributed by atoms with van der Waals surface area (Å²) in [5.41, 5.74) is -1.17. The molecule has 1 amide bonds. The Labute approximate surface area is 158 Å². The molecule has 0 fully saturated rings. The Kier molecular flexibility index (Phi) is 4.30. The molecule has 0 unspecified atom stereocenters. The fourth-order valence-electron chi connectivity index (χ4n) is 2.89. The van der Waals surface area contributed by atoms with E-state index >= 15 is 0 Å². The van der Waals surface area contributed by atoms with E-state index in [0.29, 0.717) is 11.0 Å². The molecule has 4 rings (SSSR count). The van der Waals surface area contributed by atoms with Gasteiger partial charge in [-0.2, -0.15) is 0 Å². The lowest BCUT2D eigenvalue weighted by Crippen LogP contribution is -2.38. The first kappa shape index (κ1) is 17.5. The predicted octanol–water partition coefficient (Wildman–Crippen LogP) is 3.65. The number of nitrogens with one attached hydrogen (secondary N) is 1. The number of hydrogen-bond donors (Lipinski definition) is 2. The molecule has 2 aromatic carbocycles. The van der Waals surface area contributed by atoms with Gasteiger partial charge in [-0.15, -0.1) is 11.3 Å². The van der Waals surface area contributed by atoms with Gasteiger partial charge in [-0.1, -0.05) is 30.3 Å². The van der Waals surface area contributed by atoms with Gasteiger partial charge in [-0.3, -0.25) is 9.59 Å². The van der Waals surface area contributed by atoms with Crippen LogP contribution < -0.4 is 10.7 Å². The number of fused-ring (bicyclic) bond motifs is 2. The molecule has 0 aliphatic rings. The van der Waals surface area contributed by atoms with Crippen molar-refractivity contribution in [2.45, 2.75) is 12.5 Å². The zero-order valence-corrected chi connectivity index (χ0v) is 15.4. The number of amides is 1. The van der Waals surface area contributed by atoms with Gasteiger partial charge < -0.3 is 14.8 Å². The molecular weight excluding hydrogens is 362 g/mol. The van der Waals surface area contributed by atoms with Crippen LogP contribution in [0.15, 0.2) is 69.9 Å². The lowest BCUT2D eigenvalue weighted by atomic mass is 10.0. The van der Waals surface area contributed by atoms with Crippen molar-refractivity contribution in [3.8, 4) is 0 Å². The van der Waals surface area contributed by atoms with Crippen LogP contribution >= 0.6 is 11.3 Å². The van der Waals surface area contributed by atoms with Crippen LogP contribution in [0.1, 0.15) is 22.4 Å². The van der Waals surface area contributed by atoms with Gasteiger partial charge in [0.05, 0.1) is 11.9 Å². The molecule has 27 heavy (non-hydrogen) atoms. The molecule has 2 heterocycles. The minimum absolute atomic E-state index is 0.00477. The van der Waals surface area contributed by atoms with E-state index in [1.54, 1.807) is 31.2 Å². The maximum atomic E-state index is 12.4. The largest absolute Gasteiger partial charge is 0.451 e. The number of hydrogen-bond acceptors (Lipinski definition) is 5. The number of para-hydroxylation sites is 1. The number of benzene rings is 2. The molecule has 2 aromatic heterocycles. The Bertz CT molecular complexity index is 1170. The van der Waals surface area contributed by atoms with Crippen molar-refractivity contribution in [3.05, 3.63) is 81.5 Å². The smallest absolute Gasteiger partial charge is 0.287 e. The van der Waals surface area contributed by atoms with Crippen LogP contribution in [0.25, 0.3) is 21.1 Å². The first-order chi connectivity index (χ1) is 12.9. The summed E-state index contributed by atoms with van der Waals surface area (Å²) in [6, 6.07) is 17.7. The molecule has 6 heteroatoms. The van der Waals surface area contributed by atoms with Crippen molar-refractivity contribution < 1.29 is 14.3 Å². The molecule has 0 spiro atoms. The molecule has 136 valence electrons. The number of rotatable bonds is 4. The highest BCUT2D eigenvalue weighted by Crippen LogP contribution is 2.32. The van der Waals surface area contributed by atoms with Crippen LogP contribution in [-0.4, -0.2) is 17.6 Å². The first-order valence-corrected chi connectivity index (χ1v) is 9.28. The summed E-state index contributed by atoms with van der Waals surface area (Å²) in [6.45, 7) is 1.64. The van der Waals surface area contributed by atoms with Gasteiger partial charge in [0.25, 0.3) is 5.91 Å². The average molecular weight is 379 g/mol. The third kappa shape index (κ3) is 3.37. The molecule has 1 atom stereocenters. The second kappa shape index (κ2) is 6.64. The van der Waals surface area contributed by atoms with Crippen molar-refractivity contribution >= 4 is 38.3 Å². The summed E-state index contributed by atoms with van der Waals surface area (Å²) in [5, 5.41) is 14.9. The van der Waals surface area contributed by atoms with E-state index in [1.165, 1.54) is 17.4 Å². The van der Waals surface area contributed by atoms with Gasteiger partial charge in [-0.25, -0.2) is 0 Å². The molecule has 4 aromatic rings. The van der Waals surface area contributed by atoms with E-state index in [-0.39, 0.29) is 17.7 Å². The molecule has 0 saturated heterocycles. The van der Waals surface area contributed by atoms with Crippen LogP contribution in [0.3, 0.4) is 0 Å². The standard InChI is InChI=1S/C21H17NO4S/c1-21(25,19-10-13-6-2-5-9-18(13)27-19)12-22-20(24)17-11-15(23)14-7-3-4-8-16(14)26-17/h2-11,25H,12H2,1H3,(H,22,24)/t21-/m1/s1. The lowest BCUT2D eigenvalue weighted by molar-refractivity contribution is 0.0549. The SMILES string of the molecule is C[C@@](O)(CNC(=O)c1cc(=O)c2ccccc2o1)c1cc2ccccc2s1. The van der Waals surface area contributed by atoms with Gasteiger partial charge >= 0.3 is 0 Å². The number of carbonyl (C=O) groups is 1. The Balaban J connectivity index is 1.55. The van der Waals surface area contributed by atoms with Crippen molar-refractivity contribution in [2.24, 2.45) is 0 Å². The van der Waals surface area contributed by atoms with Crippen LogP contribution in [0.5, 0.6) is 0 Å². The zero-order valence-electron chi connectivity index (χ0n) is 14.6. The third-order valence-corrected chi connectivity index (χ3v) is 5.78. The Hall–Kier alpha value is -2.96. The minimum atomic E-state index is -1.24. The van der Waals surface area contributed by atoms with Crippen LogP contribution in [0.4, 0.5) is 0 Å². The number of carbonyl (C=O) groups excluding carboxylic acids is 1. The third-order valence-electron chi connectivity index (χ3n) is 4.41. The molecule has 0 saturated carbocycles. The molecular formula is C21H17NO4S. The molecule has 5 nitrogen and oxygen atoms in total. The number of aliphatic hydroxyl groups is 1. The highest BCUT2D eigenvalue weighted by Gasteiger charge is 2.27. The molecule has 0 aliphatic carbocycles. The molecule has 0 radical (unpaired) electrons. The van der Waals surface area contributed by atoms with Gasteiger partial charge in [0.15, 0.2) is 11.2 Å². The number of thiophene rings is 1. The van der Waals surface area contributed by atoms with E-state index in [1.807, 2.05) is 30.3 Å². The maximum absolute atomic E-state index is 12.4. The van der Waals surface area contributed by atoms with Crippen LogP contribution in [0, 0.1) is 0 Å². The highest BCUT2D eigenvalue weighted by molar-refractivity contribution is 7.19. The van der Waals surface area contributed by atoms with Crippen molar-refractivity contribution in [1.29, 1.82) is 0 Å². The zero-order chi connectivity index (χ0) is 19.0. The second-order valence-electron chi connectivity index (χ2n) is 6.58. The van der Waals surface area contributed by atoms with Crippen molar-refractivity contribution in [2.75, 3.05) is 6.54 Å². The summed E-state index contributed by atoms with van der Waals surface area (Å²) in [4.78, 5) is 25.3. The van der Waals surface area contributed by atoms with E-state index in [0.717, 1.165) is 15.0 Å². The lowest BCUT2D eigenvalue weighted by Gasteiger charge is -2.22. The summed E-state index contributed by atoms with van der Waals surface area (Å²) >= 11 is 1.48. The second-order valence-corrected chi connectivity index (χ2v) is 7.66. The first-order valence-electron chi connectivity index (χ1n) is 8.46. The van der Waals surface area contributed by atoms with Crippen molar-refractivity contribution in [3.63, 3.8) is 0 Å². The highest BCUT2D eigenvalue weighted by atomic mass is 32.1. The summed E-state index contributed by atoms with van der Waals surface area (Å²) in [7, 11) is 0. The summed E-state index contributed by atoms with van der Waals surface area (Å²) < 4.78 is 6.60. The van der Waals surface area contributed by atoms with Gasteiger partial charge in [0.2, 0.25) is 0 Å². The quantitative estimate of drug-likeness (QED) is 0.567. The Morgan fingerprint density at radius 2 is 1.89 bits per heavy atom. The van der Waals surface area contributed by atoms with Gasteiger partial charge in [0.1, 0.15) is 11.2 Å². The molecule has 0 bridgehead atoms. The monoisotopic (exact) mass is 379 g/mol. The molecule has 2 N–H and O–H groups in total. The Morgan fingerprint density at radius 1 is 1.15 bits per heavy atom. The van der Waals surface area contributed by atoms with E-state index in [9.17, 15) is 14.7 Å². The normalized spacial score (nSPS) is 13.6. The molecule has 0 aliphatic heterocycles. The van der Waals surface area contributed by atoms with Crippen molar-refractivity contribution in [1.82, 2.24) is 5.32 Å². The maximum Gasteiger partial charge on any atom is 0.287 e. The Morgan fingerprint density at radius 3 is 2.70 bits per heavy atom. The topological polar surface area (TPSA) is 79.5 Å². The van der Waals surface area contributed by atoms with Crippen LogP contribution in [-0.2, 0) is 5.60 Å². The minimum Gasteiger partial charge on any atom is -0.451 e. The van der Waals surface area contributed by atoms with E-state index in [4.69, 9.17) is 4.42 Å².